The predicted molar refractivity (Wildman–Crippen MR) is 80.7 cm³/mol. The number of nitrogens with one attached hydrogen (secondary N) is 1. The molecule has 118 valence electrons. The van der Waals surface area contributed by atoms with Gasteiger partial charge in [-0.1, -0.05) is 0 Å². The van der Waals surface area contributed by atoms with E-state index in [-0.39, 0.29) is 16.9 Å². The minimum Gasteiger partial charge on any atom is -0.492 e. The number of anilines is 1. The van der Waals surface area contributed by atoms with Gasteiger partial charge in [-0.2, -0.15) is 0 Å². The standard InChI is InChI=1S/C14H22N2O4S/c1-3-19-13-5-4-12(15)8-14(13)21(17,18)16-9-11-6-7-20-10(11)2/h4-5,8,10-11,16H,3,6-7,9,15H2,1-2H3. The average Bonchev–Trinajstić information content (AvgIpc) is 2.84. The van der Waals surface area contributed by atoms with Crippen LogP contribution in [0.3, 0.4) is 0 Å². The van der Waals surface area contributed by atoms with E-state index in [1.165, 1.54) is 6.07 Å². The number of benzene rings is 1. The Bertz CT molecular complexity index is 589. The lowest BCUT2D eigenvalue weighted by Gasteiger charge is -2.16. The van der Waals surface area contributed by atoms with Gasteiger partial charge >= 0.3 is 0 Å². The monoisotopic (exact) mass is 314 g/mol. The van der Waals surface area contributed by atoms with Gasteiger partial charge in [0.05, 0.1) is 12.7 Å². The Morgan fingerprint density at radius 1 is 1.48 bits per heavy atom. The Labute approximate surface area is 125 Å². The lowest BCUT2D eigenvalue weighted by molar-refractivity contribution is 0.107. The van der Waals surface area contributed by atoms with E-state index in [9.17, 15) is 8.42 Å². The van der Waals surface area contributed by atoms with E-state index in [0.29, 0.717) is 31.2 Å². The predicted octanol–water partition coefficient (Wildman–Crippen LogP) is 1.37. The third kappa shape index (κ3) is 3.87. The van der Waals surface area contributed by atoms with Crippen LogP contribution < -0.4 is 15.2 Å². The lowest BCUT2D eigenvalue weighted by atomic mass is 10.0. The van der Waals surface area contributed by atoms with Gasteiger partial charge in [0, 0.05) is 24.8 Å². The molecule has 1 aromatic rings. The summed E-state index contributed by atoms with van der Waals surface area (Å²) in [6, 6.07) is 4.62. The molecule has 3 N–H and O–H groups in total. The first kappa shape index (κ1) is 16.1. The second kappa shape index (κ2) is 6.64. The van der Waals surface area contributed by atoms with Crippen LogP contribution >= 0.6 is 0 Å². The normalized spacial score (nSPS) is 22.4. The molecule has 6 nitrogen and oxygen atoms in total. The molecule has 0 amide bonds. The van der Waals surface area contributed by atoms with Gasteiger partial charge in [-0.05, 0) is 38.5 Å². The van der Waals surface area contributed by atoms with Crippen LogP contribution in [0.1, 0.15) is 20.3 Å². The Kier molecular flexibility index (Phi) is 5.08. The number of rotatable bonds is 6. The van der Waals surface area contributed by atoms with Gasteiger partial charge in [0.25, 0.3) is 0 Å². The highest BCUT2D eigenvalue weighted by Gasteiger charge is 2.27. The molecule has 0 aromatic heterocycles. The maximum Gasteiger partial charge on any atom is 0.244 e. The number of nitrogen functional groups attached to an aromatic ring is 1. The van der Waals surface area contributed by atoms with Gasteiger partial charge in [0.1, 0.15) is 10.6 Å². The molecule has 1 saturated heterocycles. The SMILES string of the molecule is CCOc1ccc(N)cc1S(=O)(=O)NCC1CCOC1C. The van der Waals surface area contributed by atoms with Crippen LogP contribution in [0.15, 0.2) is 23.1 Å². The molecule has 1 aliphatic heterocycles. The molecule has 2 unspecified atom stereocenters. The molecule has 0 bridgehead atoms. The van der Waals surface area contributed by atoms with Crippen molar-refractivity contribution < 1.29 is 17.9 Å². The van der Waals surface area contributed by atoms with Crippen molar-refractivity contribution >= 4 is 15.7 Å². The Balaban J connectivity index is 2.16. The van der Waals surface area contributed by atoms with Crippen LogP contribution in [0.2, 0.25) is 0 Å². The molecule has 0 saturated carbocycles. The minimum atomic E-state index is -3.66. The summed E-state index contributed by atoms with van der Waals surface area (Å²) in [5.41, 5.74) is 6.08. The van der Waals surface area contributed by atoms with Crippen molar-refractivity contribution in [3.8, 4) is 5.75 Å². The van der Waals surface area contributed by atoms with Crippen molar-refractivity contribution in [2.24, 2.45) is 5.92 Å². The second-order valence-corrected chi connectivity index (χ2v) is 6.85. The van der Waals surface area contributed by atoms with Crippen LogP contribution in [0.4, 0.5) is 5.69 Å². The van der Waals surface area contributed by atoms with E-state index < -0.39 is 10.0 Å². The first-order valence-corrected chi connectivity index (χ1v) is 8.56. The summed E-state index contributed by atoms with van der Waals surface area (Å²) in [6.07, 6.45) is 0.929. The van der Waals surface area contributed by atoms with E-state index in [1.807, 2.05) is 6.92 Å². The maximum atomic E-state index is 12.5. The first-order valence-electron chi connectivity index (χ1n) is 7.07. The van der Waals surface area contributed by atoms with Crippen molar-refractivity contribution in [2.45, 2.75) is 31.3 Å². The quantitative estimate of drug-likeness (QED) is 0.774. The summed E-state index contributed by atoms with van der Waals surface area (Å²) < 4.78 is 38.4. The summed E-state index contributed by atoms with van der Waals surface area (Å²) in [5, 5.41) is 0. The van der Waals surface area contributed by atoms with Crippen LogP contribution in [0, 0.1) is 5.92 Å². The number of hydrogen-bond donors (Lipinski definition) is 2. The molecule has 0 spiro atoms. The van der Waals surface area contributed by atoms with Gasteiger partial charge in [-0.15, -0.1) is 0 Å². The first-order chi connectivity index (χ1) is 9.94. The second-order valence-electron chi connectivity index (χ2n) is 5.12. The zero-order chi connectivity index (χ0) is 15.5. The fourth-order valence-corrected chi connectivity index (χ4v) is 3.62. The van der Waals surface area contributed by atoms with E-state index in [2.05, 4.69) is 4.72 Å². The van der Waals surface area contributed by atoms with Crippen LogP contribution in [0.25, 0.3) is 0 Å². The highest BCUT2D eigenvalue weighted by atomic mass is 32.2. The molecular weight excluding hydrogens is 292 g/mol. The smallest absolute Gasteiger partial charge is 0.244 e. The van der Waals surface area contributed by atoms with Gasteiger partial charge in [-0.25, -0.2) is 13.1 Å². The molecule has 0 aliphatic carbocycles. The summed E-state index contributed by atoms with van der Waals surface area (Å²) in [6.45, 7) is 5.18. The molecule has 1 aromatic carbocycles. The number of sulfonamides is 1. The van der Waals surface area contributed by atoms with Gasteiger partial charge in [0.15, 0.2) is 0 Å². The molecule has 1 heterocycles. The van der Waals surface area contributed by atoms with Crippen LogP contribution in [-0.2, 0) is 14.8 Å². The molecule has 7 heteroatoms. The highest BCUT2D eigenvalue weighted by Crippen LogP contribution is 2.27. The summed E-state index contributed by atoms with van der Waals surface area (Å²) in [7, 11) is -3.66. The number of hydrogen-bond acceptors (Lipinski definition) is 5. The molecule has 21 heavy (non-hydrogen) atoms. The van der Waals surface area contributed by atoms with E-state index in [4.69, 9.17) is 15.2 Å². The van der Waals surface area contributed by atoms with Crippen molar-refractivity contribution in [3.63, 3.8) is 0 Å². The Hall–Kier alpha value is -1.31. The van der Waals surface area contributed by atoms with Crippen LogP contribution in [0.5, 0.6) is 5.75 Å². The fourth-order valence-electron chi connectivity index (χ4n) is 2.35. The molecule has 1 aliphatic rings. The summed E-state index contributed by atoms with van der Waals surface area (Å²) in [5.74, 6) is 0.506. The third-order valence-corrected chi connectivity index (χ3v) is 5.07. The zero-order valence-electron chi connectivity index (χ0n) is 12.3. The van der Waals surface area contributed by atoms with Gasteiger partial charge < -0.3 is 15.2 Å². The topological polar surface area (TPSA) is 90.7 Å². The molecule has 2 atom stereocenters. The highest BCUT2D eigenvalue weighted by molar-refractivity contribution is 7.89. The largest absolute Gasteiger partial charge is 0.492 e. The van der Waals surface area contributed by atoms with Gasteiger partial charge in [-0.3, -0.25) is 0 Å². The number of ether oxygens (including phenoxy) is 2. The van der Waals surface area contributed by atoms with Crippen molar-refractivity contribution in [2.75, 3.05) is 25.5 Å². The van der Waals surface area contributed by atoms with Crippen molar-refractivity contribution in [3.05, 3.63) is 18.2 Å². The molecular formula is C14H22N2O4S. The Morgan fingerprint density at radius 2 is 2.24 bits per heavy atom. The maximum absolute atomic E-state index is 12.5. The molecule has 1 fully saturated rings. The van der Waals surface area contributed by atoms with Gasteiger partial charge in [0.2, 0.25) is 10.0 Å². The average molecular weight is 314 g/mol. The minimum absolute atomic E-state index is 0.0694. The van der Waals surface area contributed by atoms with Crippen LogP contribution in [-0.4, -0.2) is 34.3 Å². The molecule has 0 radical (unpaired) electrons. The lowest BCUT2D eigenvalue weighted by Crippen LogP contribution is -2.32. The zero-order valence-corrected chi connectivity index (χ0v) is 13.2. The van der Waals surface area contributed by atoms with Crippen molar-refractivity contribution in [1.82, 2.24) is 4.72 Å². The van der Waals surface area contributed by atoms with E-state index in [0.717, 1.165) is 6.42 Å². The van der Waals surface area contributed by atoms with E-state index in [1.54, 1.807) is 19.1 Å². The Morgan fingerprint density at radius 3 is 2.86 bits per heavy atom. The summed E-state index contributed by atoms with van der Waals surface area (Å²) in [4.78, 5) is 0.0796. The third-order valence-electron chi connectivity index (χ3n) is 3.63. The number of nitrogens with two attached hydrogens (primary N) is 1. The van der Waals surface area contributed by atoms with E-state index >= 15 is 0 Å². The fraction of sp³-hybridized carbons (Fsp3) is 0.571. The van der Waals surface area contributed by atoms with Crippen molar-refractivity contribution in [1.29, 1.82) is 0 Å². The summed E-state index contributed by atoms with van der Waals surface area (Å²) >= 11 is 0. The molecule has 2 rings (SSSR count).